The first kappa shape index (κ1) is 84.0. The van der Waals surface area contributed by atoms with E-state index in [1.165, 1.54) is 295 Å². The molecule has 86 heavy (non-hydrogen) atoms. The van der Waals surface area contributed by atoms with Crippen molar-refractivity contribution in [2.45, 2.75) is 380 Å². The molecule has 0 aromatic carbocycles. The first-order valence-electron chi connectivity index (χ1n) is 37.4. The summed E-state index contributed by atoms with van der Waals surface area (Å²) in [6.07, 6.45) is 88.2. The standard InChI is InChI=1S/C76H144NO8P/c1-6-8-10-12-14-16-18-20-22-24-26-28-29-30-31-32-33-34-35-36-37-38-39-40-41-42-43-44-45-46-47-49-51-53-55-57-59-61-63-65-67-69-76(79)85-74(73-84-86(80,81)83-71-70-77(3,4)5)72-82-75(78)68-66-64-62-60-58-56-54-52-50-48-27-25-23-21-19-17-15-13-11-9-7-2/h18-21,24-27,74H,6-17,22-23,28-73H2,1-5H3/p+1/b20-18-,21-19-,26-24-,27-25-. The van der Waals surface area contributed by atoms with E-state index in [0.29, 0.717) is 17.4 Å². The van der Waals surface area contributed by atoms with Crippen LogP contribution in [0.3, 0.4) is 0 Å². The molecule has 0 saturated carbocycles. The highest BCUT2D eigenvalue weighted by atomic mass is 31.2. The van der Waals surface area contributed by atoms with Gasteiger partial charge in [-0.05, 0) is 77.0 Å². The molecule has 506 valence electrons. The Balaban J connectivity index is 3.88. The van der Waals surface area contributed by atoms with Crippen LogP contribution in [-0.2, 0) is 32.7 Å². The normalized spacial score (nSPS) is 13.3. The van der Waals surface area contributed by atoms with Crippen molar-refractivity contribution in [1.82, 2.24) is 0 Å². The molecule has 0 heterocycles. The summed E-state index contributed by atoms with van der Waals surface area (Å²) in [6.45, 7) is 4.47. The van der Waals surface area contributed by atoms with Gasteiger partial charge in [0.2, 0.25) is 0 Å². The predicted molar refractivity (Wildman–Crippen MR) is 372 cm³/mol. The smallest absolute Gasteiger partial charge is 0.462 e. The Labute approximate surface area is 534 Å². The lowest BCUT2D eigenvalue weighted by Crippen LogP contribution is -2.37. The Morgan fingerprint density at radius 2 is 0.628 bits per heavy atom. The number of unbranched alkanes of at least 4 members (excludes halogenated alkanes) is 48. The molecule has 0 aromatic rings. The number of esters is 2. The van der Waals surface area contributed by atoms with Crippen molar-refractivity contribution in [3.05, 3.63) is 48.6 Å². The topological polar surface area (TPSA) is 108 Å². The number of nitrogens with zero attached hydrogens (tertiary/aromatic N) is 1. The fraction of sp³-hybridized carbons (Fsp3) is 0.868. The second-order valence-electron chi connectivity index (χ2n) is 26.7. The summed E-state index contributed by atoms with van der Waals surface area (Å²) in [4.78, 5) is 35.9. The average Bonchev–Trinajstić information content (AvgIpc) is 3.70. The summed E-state index contributed by atoms with van der Waals surface area (Å²) in [6, 6.07) is 0. The molecule has 2 atom stereocenters. The van der Waals surface area contributed by atoms with E-state index in [1.54, 1.807) is 0 Å². The quantitative estimate of drug-likeness (QED) is 0.0211. The fourth-order valence-corrected chi connectivity index (χ4v) is 11.8. The van der Waals surface area contributed by atoms with Crippen LogP contribution < -0.4 is 0 Å². The lowest BCUT2D eigenvalue weighted by Gasteiger charge is -2.24. The highest BCUT2D eigenvalue weighted by Crippen LogP contribution is 2.43. The van der Waals surface area contributed by atoms with Crippen molar-refractivity contribution in [2.75, 3.05) is 47.5 Å². The summed E-state index contributed by atoms with van der Waals surface area (Å²) in [5.74, 6) is -0.784. The summed E-state index contributed by atoms with van der Waals surface area (Å²) < 4.78 is 34.7. The minimum atomic E-state index is -4.39. The van der Waals surface area contributed by atoms with Crippen LogP contribution >= 0.6 is 7.82 Å². The van der Waals surface area contributed by atoms with E-state index in [1.807, 2.05) is 21.1 Å². The number of allylic oxidation sites excluding steroid dienone is 8. The van der Waals surface area contributed by atoms with Gasteiger partial charge < -0.3 is 18.9 Å². The zero-order valence-corrected chi connectivity index (χ0v) is 58.7. The summed E-state index contributed by atoms with van der Waals surface area (Å²) in [5, 5.41) is 0. The third-order valence-corrected chi connectivity index (χ3v) is 17.8. The maximum absolute atomic E-state index is 12.9. The molecular weight excluding hydrogens is 1090 g/mol. The number of hydrogen-bond acceptors (Lipinski definition) is 7. The minimum absolute atomic E-state index is 0.0328. The van der Waals surface area contributed by atoms with E-state index in [-0.39, 0.29) is 32.0 Å². The van der Waals surface area contributed by atoms with Gasteiger partial charge in [-0.15, -0.1) is 0 Å². The monoisotopic (exact) mass is 1230 g/mol. The van der Waals surface area contributed by atoms with Crippen molar-refractivity contribution in [3.8, 4) is 0 Å². The lowest BCUT2D eigenvalue weighted by molar-refractivity contribution is -0.870. The van der Waals surface area contributed by atoms with E-state index in [0.717, 1.165) is 44.9 Å². The second-order valence-corrected chi connectivity index (χ2v) is 28.1. The molecule has 0 saturated heterocycles. The van der Waals surface area contributed by atoms with Gasteiger partial charge >= 0.3 is 19.8 Å². The Bertz CT molecular complexity index is 1590. The number of hydrogen-bond donors (Lipinski definition) is 1. The van der Waals surface area contributed by atoms with Gasteiger partial charge in [-0.3, -0.25) is 18.6 Å². The highest BCUT2D eigenvalue weighted by Gasteiger charge is 2.27. The molecule has 0 aromatic heterocycles. The van der Waals surface area contributed by atoms with Gasteiger partial charge in [0.25, 0.3) is 0 Å². The number of phosphoric acid groups is 1. The maximum Gasteiger partial charge on any atom is 0.472 e. The number of ether oxygens (including phenoxy) is 2. The van der Waals surface area contributed by atoms with Gasteiger partial charge in [-0.25, -0.2) is 4.57 Å². The molecule has 0 aliphatic heterocycles. The van der Waals surface area contributed by atoms with Crippen LogP contribution in [0.4, 0.5) is 0 Å². The van der Waals surface area contributed by atoms with Crippen LogP contribution in [0.15, 0.2) is 48.6 Å². The molecule has 0 radical (unpaired) electrons. The Morgan fingerprint density at radius 1 is 0.360 bits per heavy atom. The number of carbonyl (C=O) groups is 2. The maximum atomic E-state index is 12.9. The lowest BCUT2D eigenvalue weighted by atomic mass is 10.0. The molecule has 2 unspecified atom stereocenters. The Kier molecular flexibility index (Phi) is 65.8. The van der Waals surface area contributed by atoms with E-state index >= 15 is 0 Å². The van der Waals surface area contributed by atoms with Gasteiger partial charge in [-0.1, -0.05) is 332 Å². The molecule has 0 rings (SSSR count). The first-order valence-corrected chi connectivity index (χ1v) is 38.9. The number of quaternary nitrogens is 1. The third-order valence-electron chi connectivity index (χ3n) is 16.8. The van der Waals surface area contributed by atoms with E-state index in [4.69, 9.17) is 18.5 Å². The molecule has 0 bridgehead atoms. The average molecular weight is 1230 g/mol. The predicted octanol–water partition coefficient (Wildman–Crippen LogP) is 24.4. The summed E-state index contributed by atoms with van der Waals surface area (Å²) in [7, 11) is 1.49. The van der Waals surface area contributed by atoms with Crippen molar-refractivity contribution in [3.63, 3.8) is 0 Å². The second kappa shape index (κ2) is 67.4. The molecule has 10 heteroatoms. The molecule has 0 spiro atoms. The van der Waals surface area contributed by atoms with Crippen LogP contribution in [0, 0.1) is 0 Å². The van der Waals surface area contributed by atoms with Crippen LogP contribution in [0.2, 0.25) is 0 Å². The number of phosphoric ester groups is 1. The first-order chi connectivity index (χ1) is 42.0. The highest BCUT2D eigenvalue weighted by molar-refractivity contribution is 7.47. The van der Waals surface area contributed by atoms with Gasteiger partial charge in [0.15, 0.2) is 6.10 Å². The van der Waals surface area contributed by atoms with Crippen molar-refractivity contribution in [1.29, 1.82) is 0 Å². The largest absolute Gasteiger partial charge is 0.472 e. The van der Waals surface area contributed by atoms with E-state index < -0.39 is 26.5 Å². The van der Waals surface area contributed by atoms with Crippen molar-refractivity contribution < 1.29 is 42.1 Å². The van der Waals surface area contributed by atoms with Crippen LogP contribution in [0.1, 0.15) is 373 Å². The molecule has 0 amide bonds. The van der Waals surface area contributed by atoms with E-state index in [9.17, 15) is 19.0 Å². The zero-order valence-electron chi connectivity index (χ0n) is 57.8. The fourth-order valence-electron chi connectivity index (χ4n) is 11.1. The number of carbonyl (C=O) groups excluding carboxylic acids is 2. The summed E-state index contributed by atoms with van der Waals surface area (Å²) >= 11 is 0. The number of likely N-dealkylation sites (N-methyl/N-ethyl adjacent to an activating group) is 1. The van der Waals surface area contributed by atoms with Gasteiger partial charge in [0.05, 0.1) is 27.7 Å². The molecule has 9 nitrogen and oxygen atoms in total. The number of rotatable bonds is 70. The molecule has 0 aliphatic carbocycles. The zero-order chi connectivity index (χ0) is 62.6. The van der Waals surface area contributed by atoms with Crippen LogP contribution in [0.25, 0.3) is 0 Å². The van der Waals surface area contributed by atoms with Gasteiger partial charge in [-0.2, -0.15) is 0 Å². The van der Waals surface area contributed by atoms with Crippen molar-refractivity contribution >= 4 is 19.8 Å². The third kappa shape index (κ3) is 71.1. The summed E-state index contributed by atoms with van der Waals surface area (Å²) in [5.41, 5.74) is 0. The van der Waals surface area contributed by atoms with Crippen LogP contribution in [0.5, 0.6) is 0 Å². The van der Waals surface area contributed by atoms with E-state index in [2.05, 4.69) is 62.5 Å². The molecule has 0 aliphatic rings. The SMILES string of the molecule is CCCCCCC/C=C\C/C=C\CCCCCCCCCCCCCCCCCCCCCCCCCCCCCCCC(=O)OC(COC(=O)CCCCCCCCCCC/C=C\C/C=C\CCCCCCC)COP(=O)(O)OCC[N+](C)(C)C. The van der Waals surface area contributed by atoms with Crippen molar-refractivity contribution in [2.24, 2.45) is 0 Å². The van der Waals surface area contributed by atoms with Crippen LogP contribution in [-0.4, -0.2) is 74.9 Å². The minimum Gasteiger partial charge on any atom is -0.462 e. The van der Waals surface area contributed by atoms with Gasteiger partial charge in [0, 0.05) is 12.8 Å². The molecule has 1 N–H and O–H groups in total. The Morgan fingerprint density at radius 3 is 0.919 bits per heavy atom. The molecular formula is C76H145NO8P+. The molecule has 0 fully saturated rings. The Hall–Kier alpha value is -2.03. The van der Waals surface area contributed by atoms with Gasteiger partial charge in [0.1, 0.15) is 19.8 Å².